The second-order valence-corrected chi connectivity index (χ2v) is 7.07. The monoisotopic (exact) mass is 320 g/mol. The molecule has 22 heavy (non-hydrogen) atoms. The fraction of sp³-hybridized carbons (Fsp3) is 0.529. The van der Waals surface area contributed by atoms with E-state index in [-0.39, 0.29) is 12.0 Å². The van der Waals surface area contributed by atoms with Gasteiger partial charge in [0.15, 0.2) is 5.17 Å². The van der Waals surface area contributed by atoms with Crippen LogP contribution in [0.2, 0.25) is 0 Å². The lowest BCUT2D eigenvalue weighted by Gasteiger charge is -2.26. The van der Waals surface area contributed by atoms with Crippen molar-refractivity contribution in [1.29, 1.82) is 0 Å². The Bertz CT molecular complexity index is 584. The Hall–Kier alpha value is -1.49. The lowest BCUT2D eigenvalue weighted by molar-refractivity contribution is -0.144. The first-order valence-corrected chi connectivity index (χ1v) is 8.54. The van der Waals surface area contributed by atoms with Gasteiger partial charge in [0.25, 0.3) is 0 Å². The van der Waals surface area contributed by atoms with E-state index in [1.54, 1.807) is 11.8 Å². The van der Waals surface area contributed by atoms with Crippen LogP contribution in [0.5, 0.6) is 0 Å². The number of carbonyl (C=O) groups is 1. The van der Waals surface area contributed by atoms with Crippen LogP contribution in [0.3, 0.4) is 0 Å². The molecule has 120 valence electrons. The van der Waals surface area contributed by atoms with Crippen molar-refractivity contribution in [2.75, 3.05) is 19.4 Å². The highest BCUT2D eigenvalue weighted by Gasteiger charge is 2.36. The zero-order valence-corrected chi connectivity index (χ0v) is 14.7. The van der Waals surface area contributed by atoms with Crippen molar-refractivity contribution in [2.24, 2.45) is 10.9 Å². The highest BCUT2D eigenvalue weighted by molar-refractivity contribution is 8.14. The van der Waals surface area contributed by atoms with Crippen molar-refractivity contribution in [3.63, 3.8) is 0 Å². The van der Waals surface area contributed by atoms with Crippen molar-refractivity contribution in [3.8, 4) is 0 Å². The molecule has 1 saturated heterocycles. The zero-order chi connectivity index (χ0) is 16.3. The van der Waals surface area contributed by atoms with Crippen molar-refractivity contribution in [1.82, 2.24) is 4.90 Å². The number of ether oxygens (including phenoxy) is 1. The van der Waals surface area contributed by atoms with Gasteiger partial charge in [-0.3, -0.25) is 0 Å². The topological polar surface area (TPSA) is 41.9 Å². The number of methoxy groups -OCH3 is 1. The molecule has 0 N–H and O–H groups in total. The molecule has 0 bridgehead atoms. The third kappa shape index (κ3) is 3.83. The van der Waals surface area contributed by atoms with E-state index >= 15 is 0 Å². The van der Waals surface area contributed by atoms with Crippen LogP contribution in [0.4, 0.5) is 5.69 Å². The summed E-state index contributed by atoms with van der Waals surface area (Å²) in [5.74, 6) is 0.970. The number of carbonyl (C=O) groups excluding carboxylic acids is 1. The van der Waals surface area contributed by atoms with Crippen LogP contribution in [-0.4, -0.2) is 41.5 Å². The molecular weight excluding hydrogens is 296 g/mol. The first kappa shape index (κ1) is 16.9. The molecule has 0 saturated carbocycles. The van der Waals surface area contributed by atoms with E-state index in [0.717, 1.165) is 23.0 Å². The Morgan fingerprint density at radius 1 is 1.45 bits per heavy atom. The maximum Gasteiger partial charge on any atom is 0.329 e. The minimum absolute atomic E-state index is 0.182. The predicted octanol–water partition coefficient (Wildman–Crippen LogP) is 3.54. The molecule has 2 rings (SSSR count). The molecule has 4 nitrogen and oxygen atoms in total. The molecule has 1 aromatic rings. The van der Waals surface area contributed by atoms with Crippen molar-refractivity contribution < 1.29 is 9.53 Å². The van der Waals surface area contributed by atoms with E-state index in [9.17, 15) is 4.79 Å². The number of thioether (sulfide) groups is 1. The Morgan fingerprint density at radius 2 is 2.18 bits per heavy atom. The summed E-state index contributed by atoms with van der Waals surface area (Å²) < 4.78 is 4.94. The summed E-state index contributed by atoms with van der Waals surface area (Å²) in [5, 5.41) is 0.913. The van der Waals surface area contributed by atoms with E-state index in [0.29, 0.717) is 11.7 Å². The molecule has 5 heteroatoms. The van der Waals surface area contributed by atoms with Crippen molar-refractivity contribution in [2.45, 2.75) is 33.7 Å². The van der Waals surface area contributed by atoms with Crippen LogP contribution in [0.1, 0.15) is 25.0 Å². The molecule has 1 heterocycles. The van der Waals surface area contributed by atoms with Crippen LogP contribution in [0.15, 0.2) is 23.2 Å². The predicted molar refractivity (Wildman–Crippen MR) is 92.8 cm³/mol. The van der Waals surface area contributed by atoms with E-state index in [1.165, 1.54) is 12.7 Å². The van der Waals surface area contributed by atoms with Gasteiger partial charge in [-0.1, -0.05) is 43.3 Å². The van der Waals surface area contributed by atoms with Gasteiger partial charge in [0, 0.05) is 12.3 Å². The van der Waals surface area contributed by atoms with Crippen LogP contribution in [0, 0.1) is 19.8 Å². The minimum atomic E-state index is -0.234. The van der Waals surface area contributed by atoms with Crippen LogP contribution >= 0.6 is 11.8 Å². The fourth-order valence-electron chi connectivity index (χ4n) is 2.52. The second kappa shape index (κ2) is 7.18. The first-order valence-electron chi connectivity index (χ1n) is 7.55. The summed E-state index contributed by atoms with van der Waals surface area (Å²) in [5.41, 5.74) is 3.35. The van der Waals surface area contributed by atoms with Crippen LogP contribution in [0.25, 0.3) is 0 Å². The summed E-state index contributed by atoms with van der Waals surface area (Å²) in [6.45, 7) is 9.23. The van der Waals surface area contributed by atoms with Gasteiger partial charge >= 0.3 is 5.97 Å². The van der Waals surface area contributed by atoms with Crippen molar-refractivity contribution in [3.05, 3.63) is 29.3 Å². The summed E-state index contributed by atoms with van der Waals surface area (Å²) >= 11 is 1.63. The van der Waals surface area contributed by atoms with Gasteiger partial charge in [-0.15, -0.1) is 0 Å². The molecule has 0 radical (unpaired) electrons. The Balaban J connectivity index is 2.31. The van der Waals surface area contributed by atoms with Crippen molar-refractivity contribution >= 4 is 28.6 Å². The number of esters is 1. The van der Waals surface area contributed by atoms with Gasteiger partial charge in [-0.05, 0) is 31.4 Å². The normalized spacial score (nSPS) is 20.0. The number of hydrogen-bond donors (Lipinski definition) is 0. The van der Waals surface area contributed by atoms with E-state index < -0.39 is 0 Å². The number of hydrogen-bond acceptors (Lipinski definition) is 4. The number of aliphatic imine (C=N–C) groups is 1. The summed E-state index contributed by atoms with van der Waals surface area (Å²) in [6, 6.07) is 6.00. The van der Waals surface area contributed by atoms with E-state index in [2.05, 4.69) is 44.7 Å². The lowest BCUT2D eigenvalue weighted by Crippen LogP contribution is -2.42. The van der Waals surface area contributed by atoms with Gasteiger partial charge in [0.2, 0.25) is 0 Å². The Morgan fingerprint density at radius 3 is 2.77 bits per heavy atom. The number of rotatable bonds is 4. The van der Waals surface area contributed by atoms with E-state index in [1.807, 2.05) is 6.07 Å². The third-order valence-electron chi connectivity index (χ3n) is 3.60. The molecule has 1 atom stereocenters. The standard InChI is InChI=1S/C17H24N2O2S/c1-11(2)9-19-15(16(20)21-5)10-22-17(19)18-14-7-6-12(3)8-13(14)4/h6-8,11,15H,9-10H2,1-5H3. The molecule has 1 aliphatic heterocycles. The van der Waals surface area contributed by atoms with Gasteiger partial charge in [0.1, 0.15) is 6.04 Å². The highest BCUT2D eigenvalue weighted by Crippen LogP contribution is 2.30. The van der Waals surface area contributed by atoms with Crippen LogP contribution in [-0.2, 0) is 9.53 Å². The lowest BCUT2D eigenvalue weighted by atomic mass is 10.1. The molecule has 0 aliphatic carbocycles. The maximum atomic E-state index is 12.0. The maximum absolute atomic E-state index is 12.0. The highest BCUT2D eigenvalue weighted by atomic mass is 32.2. The number of nitrogens with zero attached hydrogens (tertiary/aromatic N) is 2. The smallest absolute Gasteiger partial charge is 0.329 e. The first-order chi connectivity index (χ1) is 10.4. The number of benzene rings is 1. The Labute approximate surface area is 136 Å². The molecule has 0 aromatic heterocycles. The fourth-order valence-corrected chi connectivity index (χ4v) is 3.67. The van der Waals surface area contributed by atoms with E-state index in [4.69, 9.17) is 9.73 Å². The molecule has 0 amide bonds. The molecule has 1 fully saturated rings. The zero-order valence-electron chi connectivity index (χ0n) is 13.9. The van der Waals surface area contributed by atoms with Gasteiger partial charge in [0.05, 0.1) is 12.8 Å². The Kier molecular flexibility index (Phi) is 5.51. The molecule has 1 aliphatic rings. The summed E-state index contributed by atoms with van der Waals surface area (Å²) in [4.78, 5) is 18.9. The van der Waals surface area contributed by atoms with Gasteiger partial charge in [-0.25, -0.2) is 9.79 Å². The minimum Gasteiger partial charge on any atom is -0.467 e. The quantitative estimate of drug-likeness (QED) is 0.796. The van der Waals surface area contributed by atoms with Crippen LogP contribution < -0.4 is 0 Å². The second-order valence-electron chi connectivity index (χ2n) is 6.08. The largest absolute Gasteiger partial charge is 0.467 e. The third-order valence-corrected chi connectivity index (χ3v) is 4.66. The SMILES string of the molecule is COC(=O)C1CSC(=Nc2ccc(C)cc2C)N1CC(C)C. The number of amidine groups is 1. The molecule has 1 unspecified atom stereocenters. The average Bonchev–Trinajstić information content (AvgIpc) is 2.83. The number of aryl methyl sites for hydroxylation is 2. The molecular formula is C17H24N2O2S. The molecule has 1 aromatic carbocycles. The average molecular weight is 320 g/mol. The molecule has 0 spiro atoms. The van der Waals surface area contributed by atoms with Gasteiger partial charge < -0.3 is 9.64 Å². The van der Waals surface area contributed by atoms with Gasteiger partial charge in [-0.2, -0.15) is 0 Å². The summed E-state index contributed by atoms with van der Waals surface area (Å²) in [7, 11) is 1.44. The summed E-state index contributed by atoms with van der Waals surface area (Å²) in [6.07, 6.45) is 0.